The van der Waals surface area contributed by atoms with Crippen molar-refractivity contribution in [1.82, 2.24) is 30.2 Å². The average molecular weight is 444 g/mol. The van der Waals surface area contributed by atoms with E-state index in [0.717, 1.165) is 16.6 Å². The number of fused-ring (bicyclic) bond motifs is 1. The molecule has 3 heterocycles. The van der Waals surface area contributed by atoms with Crippen LogP contribution < -0.4 is 10.9 Å². The van der Waals surface area contributed by atoms with E-state index in [1.807, 2.05) is 43.3 Å². The molecule has 0 amide bonds. The van der Waals surface area contributed by atoms with Crippen molar-refractivity contribution in [2.45, 2.75) is 19.9 Å². The Morgan fingerprint density at radius 2 is 1.91 bits per heavy atom. The Morgan fingerprint density at radius 1 is 1.12 bits per heavy atom. The van der Waals surface area contributed by atoms with Crippen molar-refractivity contribution < 1.29 is 8.91 Å². The van der Waals surface area contributed by atoms with Crippen LogP contribution in [0.2, 0.25) is 0 Å². The van der Waals surface area contributed by atoms with Crippen molar-refractivity contribution in [3.63, 3.8) is 0 Å². The third kappa shape index (κ3) is 4.31. The SMILES string of the molecule is Cc1nn(-c2ccc(F)cc2)c2[nH]c(=O)c(CNCCc3nc(-c4ccccc4)no3)cc12. The molecule has 0 radical (unpaired) electrons. The van der Waals surface area contributed by atoms with Gasteiger partial charge in [0.2, 0.25) is 11.7 Å². The smallest absolute Gasteiger partial charge is 0.254 e. The lowest BCUT2D eigenvalue weighted by atomic mass is 10.2. The number of nitrogens with one attached hydrogen (secondary N) is 2. The van der Waals surface area contributed by atoms with Gasteiger partial charge in [-0.15, -0.1) is 0 Å². The van der Waals surface area contributed by atoms with Crippen molar-refractivity contribution in [1.29, 1.82) is 0 Å². The topological polar surface area (TPSA) is 102 Å². The van der Waals surface area contributed by atoms with Gasteiger partial charge in [0.25, 0.3) is 5.56 Å². The third-order valence-corrected chi connectivity index (χ3v) is 5.35. The van der Waals surface area contributed by atoms with Gasteiger partial charge in [0.05, 0.1) is 11.4 Å². The molecule has 166 valence electrons. The van der Waals surface area contributed by atoms with Crippen molar-refractivity contribution in [2.75, 3.05) is 6.54 Å². The molecule has 5 aromatic rings. The third-order valence-electron chi connectivity index (χ3n) is 5.35. The molecule has 0 unspecified atom stereocenters. The predicted octanol–water partition coefficient (Wildman–Crippen LogP) is 3.54. The first kappa shape index (κ1) is 20.8. The Hall–Kier alpha value is -4.11. The van der Waals surface area contributed by atoms with Crippen LogP contribution in [0.15, 0.2) is 70.0 Å². The van der Waals surface area contributed by atoms with Crippen LogP contribution in [0, 0.1) is 12.7 Å². The minimum absolute atomic E-state index is 0.206. The molecule has 9 heteroatoms. The number of hydrogen-bond donors (Lipinski definition) is 2. The maximum absolute atomic E-state index is 13.3. The monoisotopic (exact) mass is 444 g/mol. The minimum Gasteiger partial charge on any atom is -0.339 e. The van der Waals surface area contributed by atoms with E-state index in [0.29, 0.717) is 48.1 Å². The lowest BCUT2D eigenvalue weighted by molar-refractivity contribution is 0.376. The van der Waals surface area contributed by atoms with Crippen molar-refractivity contribution in [3.05, 3.63) is 94.0 Å². The number of nitrogens with zero attached hydrogens (tertiary/aromatic N) is 4. The number of hydrogen-bond acceptors (Lipinski definition) is 6. The minimum atomic E-state index is -0.328. The van der Waals surface area contributed by atoms with E-state index >= 15 is 0 Å². The second-order valence-electron chi connectivity index (χ2n) is 7.66. The quantitative estimate of drug-likeness (QED) is 0.372. The highest BCUT2D eigenvalue weighted by molar-refractivity contribution is 5.80. The lowest BCUT2D eigenvalue weighted by Gasteiger charge is -2.05. The molecule has 0 saturated heterocycles. The van der Waals surface area contributed by atoms with Crippen molar-refractivity contribution in [2.24, 2.45) is 0 Å². The molecule has 0 aliphatic carbocycles. The first-order valence-electron chi connectivity index (χ1n) is 10.5. The number of pyridine rings is 1. The molecular formula is C24H21FN6O2. The highest BCUT2D eigenvalue weighted by Gasteiger charge is 2.13. The second-order valence-corrected chi connectivity index (χ2v) is 7.66. The molecule has 8 nitrogen and oxygen atoms in total. The predicted molar refractivity (Wildman–Crippen MR) is 122 cm³/mol. The van der Waals surface area contributed by atoms with E-state index in [2.05, 4.69) is 25.5 Å². The number of benzene rings is 2. The van der Waals surface area contributed by atoms with Gasteiger partial charge in [0.1, 0.15) is 11.5 Å². The summed E-state index contributed by atoms with van der Waals surface area (Å²) in [5.74, 6) is 0.758. The standard InChI is InChI=1S/C24H21FN6O2/c1-15-20-13-17(24(32)28-23(20)31(29-15)19-9-7-18(25)8-10-19)14-26-12-11-21-27-22(30-33-21)16-5-3-2-4-6-16/h2-10,13,26H,11-12,14H2,1H3,(H,28,32). The summed E-state index contributed by atoms with van der Waals surface area (Å²) in [6, 6.07) is 17.4. The zero-order valence-corrected chi connectivity index (χ0v) is 17.9. The molecule has 0 fully saturated rings. The van der Waals surface area contributed by atoms with Crippen LogP contribution in [0.4, 0.5) is 4.39 Å². The van der Waals surface area contributed by atoms with E-state index in [-0.39, 0.29) is 11.4 Å². The van der Waals surface area contributed by atoms with Gasteiger partial charge in [0.15, 0.2) is 0 Å². The molecule has 0 aliphatic rings. The summed E-state index contributed by atoms with van der Waals surface area (Å²) in [6.45, 7) is 2.83. The molecule has 2 N–H and O–H groups in total. The Kier molecular flexibility index (Phi) is 5.54. The normalized spacial score (nSPS) is 11.3. The van der Waals surface area contributed by atoms with Gasteiger partial charge in [0, 0.05) is 36.0 Å². The summed E-state index contributed by atoms with van der Waals surface area (Å²) in [4.78, 5) is 20.0. The van der Waals surface area contributed by atoms with Gasteiger partial charge in [-0.3, -0.25) is 4.79 Å². The van der Waals surface area contributed by atoms with Gasteiger partial charge in [-0.1, -0.05) is 35.5 Å². The summed E-state index contributed by atoms with van der Waals surface area (Å²) in [6.07, 6.45) is 0.543. The zero-order valence-electron chi connectivity index (χ0n) is 17.9. The van der Waals surface area contributed by atoms with E-state index in [4.69, 9.17) is 4.52 Å². The van der Waals surface area contributed by atoms with E-state index in [1.54, 1.807) is 16.8 Å². The fraction of sp³-hybridized carbons (Fsp3) is 0.167. The van der Waals surface area contributed by atoms with Crippen molar-refractivity contribution >= 4 is 11.0 Å². The fourth-order valence-corrected chi connectivity index (χ4v) is 3.64. The Morgan fingerprint density at radius 3 is 2.70 bits per heavy atom. The highest BCUT2D eigenvalue weighted by Crippen LogP contribution is 2.20. The number of aromatic nitrogens is 5. The van der Waals surface area contributed by atoms with Crippen LogP contribution in [0.5, 0.6) is 0 Å². The molecule has 33 heavy (non-hydrogen) atoms. The summed E-state index contributed by atoms with van der Waals surface area (Å²) in [5.41, 5.74) is 3.31. The highest BCUT2D eigenvalue weighted by atomic mass is 19.1. The van der Waals surface area contributed by atoms with E-state index in [9.17, 15) is 9.18 Å². The van der Waals surface area contributed by atoms with Crippen LogP contribution in [0.3, 0.4) is 0 Å². The lowest BCUT2D eigenvalue weighted by Crippen LogP contribution is -2.23. The Bertz CT molecular complexity index is 1450. The molecule has 2 aromatic carbocycles. The molecule has 0 atom stereocenters. The van der Waals surface area contributed by atoms with Crippen LogP contribution in [-0.4, -0.2) is 31.4 Å². The van der Waals surface area contributed by atoms with Gasteiger partial charge < -0.3 is 14.8 Å². The van der Waals surface area contributed by atoms with Crippen LogP contribution >= 0.6 is 0 Å². The maximum atomic E-state index is 13.3. The Labute approximate surface area is 188 Å². The molecule has 0 spiro atoms. The van der Waals surface area contributed by atoms with Crippen LogP contribution in [0.25, 0.3) is 28.1 Å². The number of aryl methyl sites for hydroxylation is 1. The summed E-state index contributed by atoms with van der Waals surface area (Å²) in [7, 11) is 0. The summed E-state index contributed by atoms with van der Waals surface area (Å²) in [5, 5.41) is 12.6. The molecule has 3 aromatic heterocycles. The van der Waals surface area contributed by atoms with Crippen molar-refractivity contribution in [3.8, 4) is 17.1 Å². The van der Waals surface area contributed by atoms with Gasteiger partial charge in [-0.05, 0) is 37.3 Å². The largest absolute Gasteiger partial charge is 0.339 e. The van der Waals surface area contributed by atoms with E-state index < -0.39 is 0 Å². The van der Waals surface area contributed by atoms with Crippen LogP contribution in [0.1, 0.15) is 17.1 Å². The molecule has 0 aliphatic heterocycles. The molecule has 0 bridgehead atoms. The number of H-pyrrole nitrogens is 1. The summed E-state index contributed by atoms with van der Waals surface area (Å²) < 4.78 is 20.2. The maximum Gasteiger partial charge on any atom is 0.254 e. The Balaban J connectivity index is 1.27. The summed E-state index contributed by atoms with van der Waals surface area (Å²) >= 11 is 0. The molecular weight excluding hydrogens is 423 g/mol. The second kappa shape index (κ2) is 8.79. The van der Waals surface area contributed by atoms with Gasteiger partial charge in [-0.2, -0.15) is 10.1 Å². The number of aromatic amines is 1. The first-order chi connectivity index (χ1) is 16.1. The van der Waals surface area contributed by atoms with Crippen LogP contribution in [-0.2, 0) is 13.0 Å². The number of halogens is 1. The fourth-order valence-electron chi connectivity index (χ4n) is 3.64. The van der Waals surface area contributed by atoms with Gasteiger partial charge >= 0.3 is 0 Å². The number of rotatable bonds is 7. The molecule has 0 saturated carbocycles. The zero-order chi connectivity index (χ0) is 22.8. The van der Waals surface area contributed by atoms with E-state index in [1.165, 1.54) is 12.1 Å². The van der Waals surface area contributed by atoms with Gasteiger partial charge in [-0.25, -0.2) is 9.07 Å². The first-order valence-corrected chi connectivity index (χ1v) is 10.5. The molecule has 5 rings (SSSR count). The average Bonchev–Trinajstić information content (AvgIpc) is 3.43.